The molecule has 0 aromatic rings. The van der Waals surface area contributed by atoms with Crippen molar-refractivity contribution in [2.24, 2.45) is 5.73 Å². The van der Waals surface area contributed by atoms with Crippen LogP contribution < -0.4 is 11.1 Å². The van der Waals surface area contributed by atoms with Crippen LogP contribution in [0, 0.1) is 0 Å². The van der Waals surface area contributed by atoms with Crippen molar-refractivity contribution in [1.29, 1.82) is 0 Å². The molecule has 2 rings (SSSR count). The monoisotopic (exact) mass is 299 g/mol. The number of carbonyl (C=O) groups is 1. The van der Waals surface area contributed by atoms with E-state index in [0.717, 1.165) is 39.1 Å². The summed E-state index contributed by atoms with van der Waals surface area (Å²) in [5.74, 6) is 0.00705. The van der Waals surface area contributed by atoms with Crippen molar-refractivity contribution in [1.82, 2.24) is 10.2 Å². The van der Waals surface area contributed by atoms with E-state index in [4.69, 9.17) is 10.5 Å². The van der Waals surface area contributed by atoms with Crippen LogP contribution >= 0.6 is 24.8 Å². The Morgan fingerprint density at radius 1 is 1.39 bits per heavy atom. The van der Waals surface area contributed by atoms with Crippen molar-refractivity contribution in [3.63, 3.8) is 0 Å². The highest BCUT2D eigenvalue weighted by molar-refractivity contribution is 5.88. The Morgan fingerprint density at radius 2 is 1.94 bits per heavy atom. The molecule has 108 valence electrons. The van der Waals surface area contributed by atoms with Gasteiger partial charge in [-0.25, -0.2) is 0 Å². The number of halogens is 2. The number of nitrogens with zero attached hydrogens (tertiary/aromatic N) is 1. The van der Waals surface area contributed by atoms with Gasteiger partial charge < -0.3 is 15.8 Å². The quantitative estimate of drug-likeness (QED) is 0.776. The van der Waals surface area contributed by atoms with Gasteiger partial charge in [0.05, 0.1) is 18.8 Å². The van der Waals surface area contributed by atoms with Crippen molar-refractivity contribution in [2.45, 2.75) is 31.3 Å². The summed E-state index contributed by atoms with van der Waals surface area (Å²) in [6, 6.07) is 0.357. The minimum absolute atomic E-state index is 0. The van der Waals surface area contributed by atoms with Crippen LogP contribution in [0.15, 0.2) is 0 Å². The minimum atomic E-state index is -0.551. The summed E-state index contributed by atoms with van der Waals surface area (Å²) < 4.78 is 5.29. The molecule has 1 heterocycles. The van der Waals surface area contributed by atoms with E-state index in [1.807, 2.05) is 0 Å². The van der Waals surface area contributed by atoms with Crippen molar-refractivity contribution >= 4 is 30.7 Å². The second-order valence-corrected chi connectivity index (χ2v) is 4.86. The van der Waals surface area contributed by atoms with Crippen LogP contribution in [0.3, 0.4) is 0 Å². The molecule has 0 aromatic heterocycles. The van der Waals surface area contributed by atoms with Crippen molar-refractivity contribution in [3.05, 3.63) is 0 Å². The number of rotatable bonds is 4. The van der Waals surface area contributed by atoms with Crippen molar-refractivity contribution in [2.75, 3.05) is 32.8 Å². The van der Waals surface area contributed by atoms with Gasteiger partial charge in [-0.3, -0.25) is 9.69 Å². The molecular weight excluding hydrogens is 277 g/mol. The van der Waals surface area contributed by atoms with Crippen LogP contribution in [0.5, 0.6) is 0 Å². The Hall–Kier alpha value is -0.0700. The Bertz CT molecular complexity index is 269. The zero-order valence-corrected chi connectivity index (χ0v) is 12.3. The van der Waals surface area contributed by atoms with Gasteiger partial charge in [-0.15, -0.1) is 24.8 Å². The third-order valence-corrected chi connectivity index (χ3v) is 3.47. The van der Waals surface area contributed by atoms with Crippen LogP contribution in [0.2, 0.25) is 0 Å². The second kappa shape index (κ2) is 7.50. The predicted octanol–water partition coefficient (Wildman–Crippen LogP) is 0.158. The van der Waals surface area contributed by atoms with E-state index in [9.17, 15) is 4.79 Å². The second-order valence-electron chi connectivity index (χ2n) is 4.86. The molecule has 1 amide bonds. The number of nitrogens with two attached hydrogens (primary N) is 1. The maximum absolute atomic E-state index is 11.6. The summed E-state index contributed by atoms with van der Waals surface area (Å²) in [6.07, 6.45) is 1.65. The molecule has 0 radical (unpaired) electrons. The van der Waals surface area contributed by atoms with Gasteiger partial charge in [0.1, 0.15) is 0 Å². The van der Waals surface area contributed by atoms with Gasteiger partial charge >= 0.3 is 0 Å². The molecule has 3 N–H and O–H groups in total. The lowest BCUT2D eigenvalue weighted by atomic mass is 10.2. The highest BCUT2D eigenvalue weighted by Crippen LogP contribution is 2.31. The van der Waals surface area contributed by atoms with Crippen LogP contribution in [-0.4, -0.2) is 55.2 Å². The summed E-state index contributed by atoms with van der Waals surface area (Å²) in [5, 5.41) is 2.94. The highest BCUT2D eigenvalue weighted by Gasteiger charge is 2.45. The number of hydrogen-bond acceptors (Lipinski definition) is 4. The summed E-state index contributed by atoms with van der Waals surface area (Å²) in [4.78, 5) is 14.0. The van der Waals surface area contributed by atoms with E-state index >= 15 is 0 Å². The molecule has 0 aromatic carbocycles. The van der Waals surface area contributed by atoms with E-state index in [-0.39, 0.29) is 30.7 Å². The molecule has 1 saturated carbocycles. The summed E-state index contributed by atoms with van der Waals surface area (Å²) in [5.41, 5.74) is 5.26. The normalized spacial score (nSPS) is 23.2. The summed E-state index contributed by atoms with van der Waals surface area (Å²) in [7, 11) is 0. The van der Waals surface area contributed by atoms with E-state index < -0.39 is 5.54 Å². The molecule has 18 heavy (non-hydrogen) atoms. The Balaban J connectivity index is 0.00000144. The third-order valence-electron chi connectivity index (χ3n) is 3.47. The van der Waals surface area contributed by atoms with Gasteiger partial charge in [-0.1, -0.05) is 0 Å². The SMILES string of the molecule is CC(CNC(=O)C1(N)CC1)N1CCOCC1.Cl.Cl. The topological polar surface area (TPSA) is 67.6 Å². The molecule has 5 nitrogen and oxygen atoms in total. The number of amides is 1. The van der Waals surface area contributed by atoms with Crippen molar-refractivity contribution < 1.29 is 9.53 Å². The molecule has 2 fully saturated rings. The zero-order valence-electron chi connectivity index (χ0n) is 10.7. The van der Waals surface area contributed by atoms with Crippen LogP contribution in [0.1, 0.15) is 19.8 Å². The smallest absolute Gasteiger partial charge is 0.240 e. The van der Waals surface area contributed by atoms with Crippen LogP contribution in [0.25, 0.3) is 0 Å². The molecule has 1 atom stereocenters. The fourth-order valence-corrected chi connectivity index (χ4v) is 1.93. The number of nitrogens with one attached hydrogen (secondary N) is 1. The van der Waals surface area contributed by atoms with Gasteiger partial charge in [0.2, 0.25) is 5.91 Å². The Labute approximate surface area is 121 Å². The maximum Gasteiger partial charge on any atom is 0.240 e. The maximum atomic E-state index is 11.6. The molecule has 1 aliphatic heterocycles. The lowest BCUT2D eigenvalue weighted by Gasteiger charge is -2.32. The highest BCUT2D eigenvalue weighted by atomic mass is 35.5. The van der Waals surface area contributed by atoms with Gasteiger partial charge in [0.25, 0.3) is 0 Å². The molecule has 0 bridgehead atoms. The molecule has 0 spiro atoms. The van der Waals surface area contributed by atoms with E-state index in [0.29, 0.717) is 12.6 Å². The Morgan fingerprint density at radius 3 is 2.44 bits per heavy atom. The first kappa shape index (κ1) is 17.9. The van der Waals surface area contributed by atoms with Crippen molar-refractivity contribution in [3.8, 4) is 0 Å². The number of carbonyl (C=O) groups excluding carboxylic acids is 1. The lowest BCUT2D eigenvalue weighted by Crippen LogP contribution is -2.50. The lowest BCUT2D eigenvalue weighted by molar-refractivity contribution is -0.123. The minimum Gasteiger partial charge on any atom is -0.379 e. The fourth-order valence-electron chi connectivity index (χ4n) is 1.93. The predicted molar refractivity (Wildman–Crippen MR) is 75.5 cm³/mol. The number of ether oxygens (including phenoxy) is 1. The van der Waals surface area contributed by atoms with Crippen LogP contribution in [-0.2, 0) is 9.53 Å². The average molecular weight is 300 g/mol. The fraction of sp³-hybridized carbons (Fsp3) is 0.909. The molecule has 1 saturated heterocycles. The number of hydrogen-bond donors (Lipinski definition) is 2. The first-order chi connectivity index (χ1) is 7.62. The summed E-state index contributed by atoms with van der Waals surface area (Å²) >= 11 is 0. The summed E-state index contributed by atoms with van der Waals surface area (Å²) in [6.45, 7) is 6.29. The first-order valence-corrected chi connectivity index (χ1v) is 6.01. The van der Waals surface area contributed by atoms with Gasteiger partial charge in [-0.05, 0) is 19.8 Å². The van der Waals surface area contributed by atoms with E-state index in [1.54, 1.807) is 0 Å². The first-order valence-electron chi connectivity index (χ1n) is 6.01. The van der Waals surface area contributed by atoms with E-state index in [1.165, 1.54) is 0 Å². The standard InChI is InChI=1S/C11H21N3O2.2ClH/c1-9(14-4-6-16-7-5-14)8-13-10(15)11(12)2-3-11;;/h9H,2-8,12H2,1H3,(H,13,15);2*1H. The molecule has 2 aliphatic rings. The average Bonchev–Trinajstić information content (AvgIpc) is 3.06. The van der Waals surface area contributed by atoms with Crippen LogP contribution in [0.4, 0.5) is 0 Å². The van der Waals surface area contributed by atoms with Gasteiger partial charge in [0, 0.05) is 25.7 Å². The largest absolute Gasteiger partial charge is 0.379 e. The van der Waals surface area contributed by atoms with Gasteiger partial charge in [-0.2, -0.15) is 0 Å². The molecular formula is C11H23Cl2N3O2. The zero-order chi connectivity index (χ0) is 11.6. The number of morpholine rings is 1. The molecule has 1 unspecified atom stereocenters. The van der Waals surface area contributed by atoms with Gasteiger partial charge in [0.15, 0.2) is 0 Å². The molecule has 7 heteroatoms. The van der Waals surface area contributed by atoms with E-state index in [2.05, 4.69) is 17.1 Å². The third kappa shape index (κ3) is 4.55. The Kier molecular flexibility index (Phi) is 7.47. The molecule has 1 aliphatic carbocycles.